The third-order valence-corrected chi connectivity index (χ3v) is 2.45. The second kappa shape index (κ2) is 7.25. The van der Waals surface area contributed by atoms with Crippen LogP contribution in [0.4, 0.5) is 5.69 Å². The molecule has 0 bridgehead atoms. The second-order valence-corrected chi connectivity index (χ2v) is 3.77. The largest absolute Gasteiger partial charge is 0.495 e. The maximum absolute atomic E-state index is 11.7. The van der Waals surface area contributed by atoms with Crippen LogP contribution in [-0.4, -0.2) is 32.8 Å². The second-order valence-electron chi connectivity index (χ2n) is 3.77. The smallest absolute Gasteiger partial charge is 0.338 e. The van der Waals surface area contributed by atoms with Crippen LogP contribution >= 0.6 is 0 Å². The van der Waals surface area contributed by atoms with Crippen molar-refractivity contribution in [2.45, 2.75) is 12.8 Å². The van der Waals surface area contributed by atoms with Crippen LogP contribution in [0.3, 0.4) is 0 Å². The van der Waals surface area contributed by atoms with E-state index in [1.165, 1.54) is 20.3 Å². The Labute approximate surface area is 111 Å². The zero-order valence-corrected chi connectivity index (χ0v) is 11.0. The molecule has 1 aromatic rings. The van der Waals surface area contributed by atoms with Crippen molar-refractivity contribution in [1.29, 1.82) is 0 Å². The molecule has 0 amide bonds. The fourth-order valence-electron chi connectivity index (χ4n) is 1.43. The zero-order valence-electron chi connectivity index (χ0n) is 11.0. The summed E-state index contributed by atoms with van der Waals surface area (Å²) in [5.74, 6) is -0.314. The molecular formula is C13H17NO5. The summed E-state index contributed by atoms with van der Waals surface area (Å²) in [6, 6.07) is 4.65. The molecule has 0 aromatic heterocycles. The molecule has 0 saturated heterocycles. The Balaban J connectivity index is 2.45. The minimum Gasteiger partial charge on any atom is -0.495 e. The number of ether oxygens (including phenoxy) is 3. The summed E-state index contributed by atoms with van der Waals surface area (Å²) in [5.41, 5.74) is 6.40. The van der Waals surface area contributed by atoms with Crippen molar-refractivity contribution in [2.75, 3.05) is 26.6 Å². The van der Waals surface area contributed by atoms with Gasteiger partial charge in [-0.3, -0.25) is 4.79 Å². The monoisotopic (exact) mass is 267 g/mol. The average Bonchev–Trinajstić information content (AvgIpc) is 2.42. The lowest BCUT2D eigenvalue weighted by atomic mass is 10.2. The van der Waals surface area contributed by atoms with Crippen LogP contribution in [0.5, 0.6) is 5.75 Å². The van der Waals surface area contributed by atoms with E-state index in [9.17, 15) is 9.59 Å². The third kappa shape index (κ3) is 4.50. The highest BCUT2D eigenvalue weighted by atomic mass is 16.5. The summed E-state index contributed by atoms with van der Waals surface area (Å²) >= 11 is 0. The van der Waals surface area contributed by atoms with Crippen LogP contribution in [-0.2, 0) is 14.3 Å². The molecule has 0 saturated carbocycles. The van der Waals surface area contributed by atoms with Crippen molar-refractivity contribution in [1.82, 2.24) is 0 Å². The molecule has 0 heterocycles. The lowest BCUT2D eigenvalue weighted by Crippen LogP contribution is -2.09. The summed E-state index contributed by atoms with van der Waals surface area (Å²) in [4.78, 5) is 22.5. The van der Waals surface area contributed by atoms with Gasteiger partial charge in [0.05, 0.1) is 32.1 Å². The lowest BCUT2D eigenvalue weighted by molar-refractivity contribution is -0.140. The van der Waals surface area contributed by atoms with Gasteiger partial charge in [0.15, 0.2) is 0 Å². The van der Waals surface area contributed by atoms with E-state index in [0.717, 1.165) is 0 Å². The average molecular weight is 267 g/mol. The predicted molar refractivity (Wildman–Crippen MR) is 68.9 cm³/mol. The van der Waals surface area contributed by atoms with Gasteiger partial charge >= 0.3 is 11.9 Å². The molecule has 0 unspecified atom stereocenters. The van der Waals surface area contributed by atoms with Crippen molar-refractivity contribution in [3.63, 3.8) is 0 Å². The topological polar surface area (TPSA) is 87.8 Å². The molecule has 1 rings (SSSR count). The minimum atomic E-state index is -0.487. The van der Waals surface area contributed by atoms with E-state index >= 15 is 0 Å². The molecule has 0 radical (unpaired) electrons. The molecular weight excluding hydrogens is 250 g/mol. The summed E-state index contributed by atoms with van der Waals surface area (Å²) in [6.07, 6.45) is 0.637. The number of carbonyl (C=O) groups excluding carboxylic acids is 2. The standard InChI is InChI=1S/C13H17NO5/c1-17-11-6-5-9(8-10(11)14)13(16)19-7-3-4-12(15)18-2/h5-6,8H,3-4,7,14H2,1-2H3. The first-order valence-corrected chi connectivity index (χ1v) is 5.76. The molecule has 104 valence electrons. The number of nitrogen functional groups attached to an aromatic ring is 1. The zero-order chi connectivity index (χ0) is 14.3. The van der Waals surface area contributed by atoms with Crippen LogP contribution in [0.25, 0.3) is 0 Å². The molecule has 1 aromatic carbocycles. The molecule has 2 N–H and O–H groups in total. The summed E-state index contributed by atoms with van der Waals surface area (Å²) < 4.78 is 14.5. The van der Waals surface area contributed by atoms with E-state index in [1.54, 1.807) is 12.1 Å². The number of rotatable bonds is 6. The van der Waals surface area contributed by atoms with Gasteiger partial charge in [0.25, 0.3) is 0 Å². The summed E-state index contributed by atoms with van der Waals surface area (Å²) in [6.45, 7) is 0.153. The molecule has 0 fully saturated rings. The Morgan fingerprint density at radius 1 is 1.26 bits per heavy atom. The number of methoxy groups -OCH3 is 2. The van der Waals surface area contributed by atoms with Gasteiger partial charge in [-0.2, -0.15) is 0 Å². The molecule has 6 heteroatoms. The maximum atomic E-state index is 11.7. The summed E-state index contributed by atoms with van der Waals surface area (Å²) in [7, 11) is 2.81. The van der Waals surface area contributed by atoms with Gasteiger partial charge in [-0.25, -0.2) is 4.79 Å². The Kier molecular flexibility index (Phi) is 5.66. The van der Waals surface area contributed by atoms with Crippen molar-refractivity contribution in [3.8, 4) is 5.75 Å². The van der Waals surface area contributed by atoms with Crippen molar-refractivity contribution in [3.05, 3.63) is 23.8 Å². The number of hydrogen-bond acceptors (Lipinski definition) is 6. The highest BCUT2D eigenvalue weighted by molar-refractivity contribution is 5.91. The first-order chi connectivity index (χ1) is 9.08. The fraction of sp³-hybridized carbons (Fsp3) is 0.385. The number of benzene rings is 1. The predicted octanol–water partition coefficient (Wildman–Crippen LogP) is 1.39. The van der Waals surface area contributed by atoms with E-state index in [4.69, 9.17) is 15.2 Å². The third-order valence-electron chi connectivity index (χ3n) is 2.45. The molecule has 0 spiro atoms. The van der Waals surface area contributed by atoms with Gasteiger partial charge < -0.3 is 19.9 Å². The Morgan fingerprint density at radius 2 is 2.00 bits per heavy atom. The molecule has 19 heavy (non-hydrogen) atoms. The van der Waals surface area contributed by atoms with Crippen molar-refractivity contribution >= 4 is 17.6 Å². The Morgan fingerprint density at radius 3 is 2.58 bits per heavy atom. The van der Waals surface area contributed by atoms with Crippen molar-refractivity contribution < 1.29 is 23.8 Å². The van der Waals surface area contributed by atoms with Gasteiger partial charge in [-0.15, -0.1) is 0 Å². The maximum Gasteiger partial charge on any atom is 0.338 e. The van der Waals surface area contributed by atoms with Crippen molar-refractivity contribution in [2.24, 2.45) is 0 Å². The lowest BCUT2D eigenvalue weighted by Gasteiger charge is -2.07. The molecule has 0 aliphatic rings. The quantitative estimate of drug-likeness (QED) is 0.476. The van der Waals surface area contributed by atoms with Gasteiger partial charge in [-0.05, 0) is 24.6 Å². The Hall–Kier alpha value is -2.24. The highest BCUT2D eigenvalue weighted by Gasteiger charge is 2.10. The highest BCUT2D eigenvalue weighted by Crippen LogP contribution is 2.22. The van der Waals surface area contributed by atoms with Crippen LogP contribution in [0.2, 0.25) is 0 Å². The number of hydrogen-bond donors (Lipinski definition) is 1. The number of esters is 2. The van der Waals surface area contributed by atoms with E-state index in [1.807, 2.05) is 0 Å². The van der Waals surface area contributed by atoms with Gasteiger partial charge in [-0.1, -0.05) is 0 Å². The van der Waals surface area contributed by atoms with Crippen LogP contribution in [0.15, 0.2) is 18.2 Å². The molecule has 0 atom stereocenters. The molecule has 6 nitrogen and oxygen atoms in total. The summed E-state index contributed by atoms with van der Waals surface area (Å²) in [5, 5.41) is 0. The number of carbonyl (C=O) groups is 2. The first kappa shape index (κ1) is 14.8. The van der Waals surface area contributed by atoms with E-state index < -0.39 is 5.97 Å². The van der Waals surface area contributed by atoms with Crippen LogP contribution < -0.4 is 10.5 Å². The SMILES string of the molecule is COC(=O)CCCOC(=O)c1ccc(OC)c(N)c1. The van der Waals surface area contributed by atoms with Gasteiger partial charge in [0, 0.05) is 6.42 Å². The first-order valence-electron chi connectivity index (χ1n) is 5.76. The van der Waals surface area contributed by atoms with Gasteiger partial charge in [0.2, 0.25) is 0 Å². The number of anilines is 1. The minimum absolute atomic E-state index is 0.153. The van der Waals surface area contributed by atoms with E-state index in [2.05, 4.69) is 4.74 Å². The fourth-order valence-corrected chi connectivity index (χ4v) is 1.43. The van der Waals surface area contributed by atoms with E-state index in [0.29, 0.717) is 23.4 Å². The van der Waals surface area contributed by atoms with E-state index in [-0.39, 0.29) is 19.0 Å². The normalized spacial score (nSPS) is 9.79. The number of nitrogens with two attached hydrogens (primary N) is 1. The van der Waals surface area contributed by atoms with Gasteiger partial charge in [0.1, 0.15) is 5.75 Å². The Bertz CT molecular complexity index is 458. The van der Waals surface area contributed by atoms with Crippen LogP contribution in [0.1, 0.15) is 23.2 Å². The van der Waals surface area contributed by atoms with Crippen LogP contribution in [0, 0.1) is 0 Å². The molecule has 0 aliphatic heterocycles. The molecule has 0 aliphatic carbocycles.